The fourth-order valence-corrected chi connectivity index (χ4v) is 3.08. The van der Waals surface area contributed by atoms with Gasteiger partial charge in [0.05, 0.1) is 6.61 Å². The van der Waals surface area contributed by atoms with Crippen LogP contribution in [0.15, 0.2) is 24.3 Å². The number of halogens is 1. The van der Waals surface area contributed by atoms with Crippen LogP contribution in [0.25, 0.3) is 0 Å². The van der Waals surface area contributed by atoms with Crippen LogP contribution >= 0.6 is 11.6 Å². The SMILES string of the molecule is CCCNC(C1CCCOC1)C(C)Oc1cccc(Cl)c1. The lowest BCUT2D eigenvalue weighted by Crippen LogP contribution is -2.49. The lowest BCUT2D eigenvalue weighted by molar-refractivity contribution is 0.0159. The predicted octanol–water partition coefficient (Wildman–Crippen LogP) is 3.90. The Labute approximate surface area is 133 Å². The maximum Gasteiger partial charge on any atom is 0.121 e. The van der Waals surface area contributed by atoms with Crippen molar-refractivity contribution < 1.29 is 9.47 Å². The van der Waals surface area contributed by atoms with Gasteiger partial charge in [-0.2, -0.15) is 0 Å². The number of rotatable bonds is 7. The van der Waals surface area contributed by atoms with Gasteiger partial charge in [-0.05, 0) is 50.9 Å². The molecule has 1 saturated heterocycles. The van der Waals surface area contributed by atoms with Crippen LogP contribution in [-0.4, -0.2) is 31.9 Å². The second kappa shape index (κ2) is 8.62. The van der Waals surface area contributed by atoms with E-state index in [0.29, 0.717) is 17.0 Å². The first kappa shape index (κ1) is 16.6. The van der Waals surface area contributed by atoms with Gasteiger partial charge in [-0.1, -0.05) is 24.6 Å². The van der Waals surface area contributed by atoms with Crippen molar-refractivity contribution in [3.63, 3.8) is 0 Å². The molecule has 3 unspecified atom stereocenters. The van der Waals surface area contributed by atoms with E-state index in [1.807, 2.05) is 24.3 Å². The molecule has 2 rings (SSSR count). The van der Waals surface area contributed by atoms with Gasteiger partial charge in [0.2, 0.25) is 0 Å². The van der Waals surface area contributed by atoms with E-state index in [0.717, 1.165) is 38.3 Å². The highest BCUT2D eigenvalue weighted by atomic mass is 35.5. The number of hydrogen-bond acceptors (Lipinski definition) is 3. The third kappa shape index (κ3) is 5.17. The first-order valence-electron chi connectivity index (χ1n) is 7.94. The van der Waals surface area contributed by atoms with Crippen molar-refractivity contribution in [3.8, 4) is 5.75 Å². The Morgan fingerprint density at radius 1 is 1.48 bits per heavy atom. The summed E-state index contributed by atoms with van der Waals surface area (Å²) >= 11 is 6.02. The van der Waals surface area contributed by atoms with E-state index < -0.39 is 0 Å². The second-order valence-electron chi connectivity index (χ2n) is 5.74. The minimum atomic E-state index is 0.0849. The highest BCUT2D eigenvalue weighted by molar-refractivity contribution is 6.30. The van der Waals surface area contributed by atoms with Crippen LogP contribution in [0, 0.1) is 5.92 Å². The molecule has 1 aromatic rings. The maximum absolute atomic E-state index is 6.11. The summed E-state index contributed by atoms with van der Waals surface area (Å²) in [6, 6.07) is 7.91. The van der Waals surface area contributed by atoms with Gasteiger partial charge in [-0.25, -0.2) is 0 Å². The monoisotopic (exact) mass is 311 g/mol. The van der Waals surface area contributed by atoms with E-state index >= 15 is 0 Å². The molecule has 0 bridgehead atoms. The van der Waals surface area contributed by atoms with Gasteiger partial charge in [-0.3, -0.25) is 0 Å². The smallest absolute Gasteiger partial charge is 0.121 e. The third-order valence-electron chi connectivity index (χ3n) is 3.96. The second-order valence-corrected chi connectivity index (χ2v) is 6.17. The van der Waals surface area contributed by atoms with Crippen molar-refractivity contribution in [2.45, 2.75) is 45.3 Å². The first-order chi connectivity index (χ1) is 10.2. The molecule has 0 spiro atoms. The van der Waals surface area contributed by atoms with E-state index in [2.05, 4.69) is 19.2 Å². The molecule has 1 aromatic carbocycles. The average Bonchev–Trinajstić information content (AvgIpc) is 2.49. The molecule has 1 heterocycles. The molecule has 3 nitrogen and oxygen atoms in total. The minimum absolute atomic E-state index is 0.0849. The van der Waals surface area contributed by atoms with Crippen molar-refractivity contribution in [1.82, 2.24) is 5.32 Å². The van der Waals surface area contributed by atoms with Gasteiger partial charge in [0.15, 0.2) is 0 Å². The number of benzene rings is 1. The standard InChI is InChI=1S/C17H26ClNO2/c1-3-9-19-17(14-6-5-10-20-12-14)13(2)21-16-8-4-7-15(18)11-16/h4,7-8,11,13-14,17,19H,3,5-6,9-10,12H2,1-2H3. The molecule has 0 amide bonds. The largest absolute Gasteiger partial charge is 0.489 e. The molecule has 0 radical (unpaired) electrons. The average molecular weight is 312 g/mol. The van der Waals surface area contributed by atoms with E-state index in [4.69, 9.17) is 21.1 Å². The molecule has 0 aromatic heterocycles. The molecule has 3 atom stereocenters. The molecular formula is C17H26ClNO2. The molecule has 1 aliphatic rings. The van der Waals surface area contributed by atoms with Crippen molar-refractivity contribution in [2.75, 3.05) is 19.8 Å². The Balaban J connectivity index is 2.00. The Kier molecular flexibility index (Phi) is 6.81. The lowest BCUT2D eigenvalue weighted by Gasteiger charge is -2.35. The van der Waals surface area contributed by atoms with Crippen LogP contribution < -0.4 is 10.1 Å². The quantitative estimate of drug-likeness (QED) is 0.828. The topological polar surface area (TPSA) is 30.5 Å². The Bertz CT molecular complexity index is 421. The van der Waals surface area contributed by atoms with Crippen LogP contribution in [-0.2, 0) is 4.74 Å². The summed E-state index contributed by atoms with van der Waals surface area (Å²) in [5, 5.41) is 4.34. The van der Waals surface area contributed by atoms with Gasteiger partial charge < -0.3 is 14.8 Å². The molecule has 0 aliphatic carbocycles. The van der Waals surface area contributed by atoms with Crippen molar-refractivity contribution in [2.24, 2.45) is 5.92 Å². The molecule has 1 fully saturated rings. The normalized spacial score (nSPS) is 21.8. The Hall–Kier alpha value is -0.770. The van der Waals surface area contributed by atoms with Gasteiger partial charge in [-0.15, -0.1) is 0 Å². The third-order valence-corrected chi connectivity index (χ3v) is 4.19. The minimum Gasteiger partial charge on any atom is -0.489 e. The zero-order valence-electron chi connectivity index (χ0n) is 13.0. The summed E-state index contributed by atoms with van der Waals surface area (Å²) in [6.45, 7) is 7.03. The molecular weight excluding hydrogens is 286 g/mol. The summed E-state index contributed by atoms with van der Waals surface area (Å²) in [5.41, 5.74) is 0. The van der Waals surface area contributed by atoms with E-state index in [-0.39, 0.29) is 6.10 Å². The molecule has 1 aliphatic heterocycles. The zero-order valence-corrected chi connectivity index (χ0v) is 13.7. The number of hydrogen-bond donors (Lipinski definition) is 1. The highest BCUT2D eigenvalue weighted by Crippen LogP contribution is 2.24. The summed E-state index contributed by atoms with van der Waals surface area (Å²) in [7, 11) is 0. The van der Waals surface area contributed by atoms with Crippen molar-refractivity contribution >= 4 is 11.6 Å². The van der Waals surface area contributed by atoms with Crippen LogP contribution in [0.1, 0.15) is 33.1 Å². The van der Waals surface area contributed by atoms with Crippen molar-refractivity contribution in [1.29, 1.82) is 0 Å². The summed E-state index contributed by atoms with van der Waals surface area (Å²) in [5.74, 6) is 1.34. The highest BCUT2D eigenvalue weighted by Gasteiger charge is 2.29. The first-order valence-corrected chi connectivity index (χ1v) is 8.32. The number of nitrogens with one attached hydrogen (secondary N) is 1. The maximum atomic E-state index is 6.11. The Morgan fingerprint density at radius 3 is 3.00 bits per heavy atom. The fourth-order valence-electron chi connectivity index (χ4n) is 2.90. The summed E-state index contributed by atoms with van der Waals surface area (Å²) in [6.07, 6.45) is 3.54. The van der Waals surface area contributed by atoms with Crippen LogP contribution in [0.3, 0.4) is 0 Å². The fraction of sp³-hybridized carbons (Fsp3) is 0.647. The Morgan fingerprint density at radius 2 is 2.33 bits per heavy atom. The molecule has 4 heteroatoms. The molecule has 118 valence electrons. The van der Waals surface area contributed by atoms with Crippen molar-refractivity contribution in [3.05, 3.63) is 29.3 Å². The lowest BCUT2D eigenvalue weighted by atomic mass is 9.90. The molecule has 1 N–H and O–H groups in total. The zero-order chi connectivity index (χ0) is 15.1. The van der Waals surface area contributed by atoms with E-state index in [1.165, 1.54) is 6.42 Å². The molecule has 21 heavy (non-hydrogen) atoms. The summed E-state index contributed by atoms with van der Waals surface area (Å²) in [4.78, 5) is 0. The van der Waals surface area contributed by atoms with Gasteiger partial charge in [0.1, 0.15) is 11.9 Å². The van der Waals surface area contributed by atoms with Gasteiger partial charge >= 0.3 is 0 Å². The molecule has 0 saturated carbocycles. The predicted molar refractivity (Wildman–Crippen MR) is 87.2 cm³/mol. The van der Waals surface area contributed by atoms with Crippen LogP contribution in [0.4, 0.5) is 0 Å². The van der Waals surface area contributed by atoms with E-state index in [9.17, 15) is 0 Å². The van der Waals surface area contributed by atoms with Gasteiger partial charge in [0, 0.05) is 23.6 Å². The van der Waals surface area contributed by atoms with Crippen LogP contribution in [0.5, 0.6) is 5.75 Å². The number of ether oxygens (including phenoxy) is 2. The summed E-state index contributed by atoms with van der Waals surface area (Å²) < 4.78 is 11.8. The van der Waals surface area contributed by atoms with Gasteiger partial charge in [0.25, 0.3) is 0 Å². The van der Waals surface area contributed by atoms with E-state index in [1.54, 1.807) is 0 Å². The van der Waals surface area contributed by atoms with Crippen LogP contribution in [0.2, 0.25) is 5.02 Å².